The predicted molar refractivity (Wildman–Crippen MR) is 124 cm³/mol. The molecule has 34 heavy (non-hydrogen) atoms. The molecule has 2 aromatic rings. The minimum atomic E-state index is -1.90. The summed E-state index contributed by atoms with van der Waals surface area (Å²) in [5, 5.41) is 20.8. The van der Waals surface area contributed by atoms with Crippen molar-refractivity contribution in [1.82, 2.24) is 5.16 Å². The second-order valence-electron chi connectivity index (χ2n) is 10.2. The molecule has 8 nitrogen and oxygen atoms in total. The standard InChI is InChI=1S/C26H35N3O5/c1-19-16-23(28-34-19)27-24(30)18-29(2)15-9-14-22(17-29)33-25(31)26(32,20-10-5-3-6-11-20)21-12-7-4-8-13-21/h3,5-6,10-11,16,21-22H,4,7-9,12-15,17-18H2,1-2H3,(H,27,28,30)/t22?,26?,29-/m1/s1. The highest BCUT2D eigenvalue weighted by atomic mass is 16.6. The maximum atomic E-state index is 14.2. The average molecular weight is 470 g/mol. The van der Waals surface area contributed by atoms with Crippen LogP contribution in [0.1, 0.15) is 56.3 Å². The van der Waals surface area contributed by atoms with Crippen molar-refractivity contribution in [2.75, 3.05) is 32.0 Å². The monoisotopic (exact) mass is 469 g/mol. The van der Waals surface area contributed by atoms with Crippen LogP contribution >= 0.6 is 0 Å². The van der Waals surface area contributed by atoms with E-state index in [0.717, 1.165) is 45.1 Å². The Balaban J connectivity index is 1.43. The van der Waals surface area contributed by atoms with Gasteiger partial charge in [0.25, 0.3) is 5.91 Å². The molecule has 1 saturated heterocycles. The van der Waals surface area contributed by atoms with Crippen molar-refractivity contribution in [1.29, 1.82) is 0 Å². The summed E-state index contributed by atoms with van der Waals surface area (Å²) >= 11 is 0. The SMILES string of the molecule is Cc1cc(NC(=O)C[N@+]2(C)CCCC(OC(=O)C([O-])(c3ccccc3)C3CCCCC3)C2)no1. The first-order valence-electron chi connectivity index (χ1n) is 12.3. The van der Waals surface area contributed by atoms with Gasteiger partial charge in [-0.3, -0.25) is 9.59 Å². The van der Waals surface area contributed by atoms with Crippen LogP contribution < -0.4 is 10.4 Å². The molecule has 4 rings (SSSR count). The van der Waals surface area contributed by atoms with Gasteiger partial charge in [0.1, 0.15) is 12.3 Å². The number of likely N-dealkylation sites (N-methyl/N-ethyl adjacent to an activating group) is 1. The Hall–Kier alpha value is -2.71. The first-order chi connectivity index (χ1) is 16.3. The molecule has 2 aliphatic rings. The lowest BCUT2D eigenvalue weighted by atomic mass is 9.73. The Kier molecular flexibility index (Phi) is 7.38. The van der Waals surface area contributed by atoms with E-state index < -0.39 is 17.7 Å². The second kappa shape index (κ2) is 10.3. The van der Waals surface area contributed by atoms with Gasteiger partial charge in [-0.2, -0.15) is 0 Å². The molecule has 8 heteroatoms. The number of anilines is 1. The Bertz CT molecular complexity index is 987. The van der Waals surface area contributed by atoms with Crippen LogP contribution in [0.2, 0.25) is 0 Å². The van der Waals surface area contributed by atoms with Crippen LogP contribution in [0.25, 0.3) is 0 Å². The number of piperidine rings is 1. The van der Waals surface area contributed by atoms with Gasteiger partial charge in [0, 0.05) is 18.1 Å². The van der Waals surface area contributed by atoms with Crippen LogP contribution in [0.4, 0.5) is 5.82 Å². The Morgan fingerprint density at radius 2 is 1.91 bits per heavy atom. The third kappa shape index (κ3) is 5.50. The molecule has 0 spiro atoms. The number of aromatic nitrogens is 1. The number of quaternary nitrogens is 1. The Labute approximate surface area is 200 Å². The molecule has 3 atom stereocenters. The lowest BCUT2D eigenvalue weighted by Gasteiger charge is -2.48. The van der Waals surface area contributed by atoms with Gasteiger partial charge >= 0.3 is 5.97 Å². The summed E-state index contributed by atoms with van der Waals surface area (Å²) in [5.41, 5.74) is -1.41. The molecule has 1 saturated carbocycles. The molecule has 1 aliphatic carbocycles. The normalized spacial score (nSPS) is 25.3. The fourth-order valence-electron chi connectivity index (χ4n) is 5.52. The number of carbonyl (C=O) groups excluding carboxylic acids is 2. The fraction of sp³-hybridized carbons (Fsp3) is 0.577. The van der Waals surface area contributed by atoms with Gasteiger partial charge in [-0.1, -0.05) is 67.6 Å². The highest BCUT2D eigenvalue weighted by molar-refractivity contribution is 5.90. The number of nitrogens with one attached hydrogen (secondary N) is 1. The number of amides is 1. The Morgan fingerprint density at radius 1 is 1.18 bits per heavy atom. The van der Waals surface area contributed by atoms with Crippen LogP contribution in [-0.4, -0.2) is 54.3 Å². The molecule has 0 radical (unpaired) electrons. The van der Waals surface area contributed by atoms with E-state index in [9.17, 15) is 14.7 Å². The molecular formula is C26H35N3O5. The fourth-order valence-corrected chi connectivity index (χ4v) is 5.52. The minimum absolute atomic E-state index is 0.174. The Morgan fingerprint density at radius 3 is 2.59 bits per heavy atom. The van der Waals surface area contributed by atoms with Gasteiger partial charge in [-0.25, -0.2) is 0 Å². The lowest BCUT2D eigenvalue weighted by Crippen LogP contribution is -2.59. The number of hydrogen-bond donors (Lipinski definition) is 1. The van der Waals surface area contributed by atoms with E-state index in [2.05, 4.69) is 10.5 Å². The first-order valence-corrected chi connectivity index (χ1v) is 12.3. The maximum absolute atomic E-state index is 14.2. The van der Waals surface area contributed by atoms with Gasteiger partial charge in [0.2, 0.25) is 0 Å². The van der Waals surface area contributed by atoms with Gasteiger partial charge in [0.15, 0.2) is 18.5 Å². The number of nitrogens with zero attached hydrogens (tertiary/aromatic N) is 2. The van der Waals surface area contributed by atoms with E-state index in [0.29, 0.717) is 34.6 Å². The molecule has 1 aliphatic heterocycles. The number of aryl methyl sites for hydroxylation is 1. The summed E-state index contributed by atoms with van der Waals surface area (Å²) in [7, 11) is 1.98. The van der Waals surface area contributed by atoms with Crippen LogP contribution in [-0.2, 0) is 19.9 Å². The van der Waals surface area contributed by atoms with Gasteiger partial charge in [-0.15, -0.1) is 0 Å². The van der Waals surface area contributed by atoms with Gasteiger partial charge < -0.3 is 24.2 Å². The highest BCUT2D eigenvalue weighted by Crippen LogP contribution is 2.39. The van der Waals surface area contributed by atoms with Crippen molar-refractivity contribution in [3.63, 3.8) is 0 Å². The van der Waals surface area contributed by atoms with Crippen LogP contribution in [0, 0.1) is 12.8 Å². The van der Waals surface area contributed by atoms with Crippen molar-refractivity contribution in [3.8, 4) is 0 Å². The van der Waals surface area contributed by atoms with E-state index in [1.54, 1.807) is 25.1 Å². The van der Waals surface area contributed by atoms with Crippen LogP contribution in [0.15, 0.2) is 40.9 Å². The van der Waals surface area contributed by atoms with E-state index in [4.69, 9.17) is 9.26 Å². The molecule has 2 fully saturated rings. The third-order valence-electron chi connectivity index (χ3n) is 7.25. The summed E-state index contributed by atoms with van der Waals surface area (Å²) < 4.78 is 11.4. The second-order valence-corrected chi connectivity index (χ2v) is 10.2. The molecule has 0 bridgehead atoms. The summed E-state index contributed by atoms with van der Waals surface area (Å²) in [6, 6.07) is 10.6. The molecule has 184 valence electrons. The molecule has 1 aromatic heterocycles. The lowest BCUT2D eigenvalue weighted by molar-refractivity contribution is -0.909. The molecule has 1 aromatic carbocycles. The summed E-state index contributed by atoms with van der Waals surface area (Å²) in [6.07, 6.45) is 5.63. The van der Waals surface area contributed by atoms with Crippen molar-refractivity contribution in [2.45, 2.75) is 63.6 Å². The number of carbonyl (C=O) groups is 2. The van der Waals surface area contributed by atoms with Crippen molar-refractivity contribution >= 4 is 17.7 Å². The number of rotatable bonds is 7. The number of benzene rings is 1. The zero-order valence-electron chi connectivity index (χ0n) is 20.1. The summed E-state index contributed by atoms with van der Waals surface area (Å²) in [4.78, 5) is 26.1. The van der Waals surface area contributed by atoms with Gasteiger partial charge in [-0.05, 0) is 24.8 Å². The highest BCUT2D eigenvalue weighted by Gasteiger charge is 2.42. The third-order valence-corrected chi connectivity index (χ3v) is 7.25. The zero-order chi connectivity index (χ0) is 24.2. The quantitative estimate of drug-likeness (QED) is 0.494. The van der Waals surface area contributed by atoms with E-state index in [-0.39, 0.29) is 18.4 Å². The maximum Gasteiger partial charge on any atom is 0.300 e. The van der Waals surface area contributed by atoms with E-state index in [1.807, 2.05) is 25.2 Å². The molecule has 1 N–H and O–H groups in total. The first kappa shape index (κ1) is 24.4. The molecule has 1 amide bonds. The van der Waals surface area contributed by atoms with Gasteiger partial charge in [0.05, 0.1) is 13.6 Å². The molecule has 2 heterocycles. The smallest absolute Gasteiger partial charge is 0.300 e. The molecule has 2 unspecified atom stereocenters. The topological polar surface area (TPSA) is 104 Å². The predicted octanol–water partition coefficient (Wildman–Crippen LogP) is 2.91. The van der Waals surface area contributed by atoms with E-state index >= 15 is 0 Å². The van der Waals surface area contributed by atoms with Crippen LogP contribution in [0.3, 0.4) is 0 Å². The molecular weight excluding hydrogens is 434 g/mol. The number of likely N-dealkylation sites (tertiary alicyclic amines) is 1. The zero-order valence-corrected chi connectivity index (χ0v) is 20.1. The van der Waals surface area contributed by atoms with Crippen molar-refractivity contribution < 1.29 is 28.4 Å². The van der Waals surface area contributed by atoms with E-state index in [1.165, 1.54) is 0 Å². The number of ether oxygens (including phenoxy) is 1. The largest absolute Gasteiger partial charge is 0.837 e. The van der Waals surface area contributed by atoms with Crippen molar-refractivity contribution in [2.24, 2.45) is 5.92 Å². The number of hydrogen-bond acceptors (Lipinski definition) is 6. The minimum Gasteiger partial charge on any atom is -0.837 e. The summed E-state index contributed by atoms with van der Waals surface area (Å²) in [6.45, 7) is 3.28. The number of esters is 1. The summed E-state index contributed by atoms with van der Waals surface area (Å²) in [5.74, 6) is -0.102. The van der Waals surface area contributed by atoms with Crippen molar-refractivity contribution in [3.05, 3.63) is 47.7 Å². The average Bonchev–Trinajstić information content (AvgIpc) is 3.23. The van der Waals surface area contributed by atoms with Crippen LogP contribution in [0.5, 0.6) is 0 Å².